The van der Waals surface area contributed by atoms with Gasteiger partial charge in [0.15, 0.2) is 0 Å². The maximum Gasteiger partial charge on any atom is 0.244 e. The zero-order chi connectivity index (χ0) is 17.8. The number of fused-ring (bicyclic) bond motifs is 1. The van der Waals surface area contributed by atoms with E-state index in [1.807, 2.05) is 35.6 Å². The van der Waals surface area contributed by atoms with Crippen molar-refractivity contribution in [3.8, 4) is 0 Å². The lowest BCUT2D eigenvalue weighted by molar-refractivity contribution is -0.132. The lowest BCUT2D eigenvalue weighted by Crippen LogP contribution is -2.34. The van der Waals surface area contributed by atoms with Crippen molar-refractivity contribution >= 4 is 16.8 Å². The summed E-state index contributed by atoms with van der Waals surface area (Å²) >= 11 is 0. The number of aromatic nitrogens is 4. The van der Waals surface area contributed by atoms with Crippen LogP contribution in [0.15, 0.2) is 49.2 Å². The van der Waals surface area contributed by atoms with Gasteiger partial charge in [-0.3, -0.25) is 19.4 Å². The first-order valence-corrected chi connectivity index (χ1v) is 9.22. The van der Waals surface area contributed by atoms with Gasteiger partial charge >= 0.3 is 0 Å². The molecule has 3 aromatic heterocycles. The second-order valence-electron chi connectivity index (χ2n) is 6.95. The molecule has 1 atom stereocenters. The lowest BCUT2D eigenvalue weighted by atomic mass is 9.92. The van der Waals surface area contributed by atoms with Crippen LogP contribution in [0.1, 0.15) is 24.8 Å². The van der Waals surface area contributed by atoms with E-state index in [9.17, 15) is 4.79 Å². The smallest absolute Gasteiger partial charge is 0.244 e. The Balaban J connectivity index is 1.40. The molecule has 6 nitrogen and oxygen atoms in total. The molecule has 0 saturated carbocycles. The normalized spacial score (nSPS) is 18.0. The number of hydrogen-bond donors (Lipinski definition) is 0. The lowest BCUT2D eigenvalue weighted by Gasteiger charge is -2.20. The minimum atomic E-state index is 0.160. The fraction of sp³-hybridized carbons (Fsp3) is 0.400. The van der Waals surface area contributed by atoms with Crippen LogP contribution in [-0.2, 0) is 17.8 Å². The number of nitrogens with zero attached hydrogens (tertiary/aromatic N) is 5. The summed E-state index contributed by atoms with van der Waals surface area (Å²) in [6, 6.07) is 5.91. The van der Waals surface area contributed by atoms with Gasteiger partial charge in [0.05, 0.1) is 5.52 Å². The fourth-order valence-electron chi connectivity index (χ4n) is 3.78. The second-order valence-corrected chi connectivity index (χ2v) is 6.95. The van der Waals surface area contributed by atoms with E-state index in [0.29, 0.717) is 12.5 Å². The van der Waals surface area contributed by atoms with Crippen LogP contribution in [0.5, 0.6) is 0 Å². The van der Waals surface area contributed by atoms with Gasteiger partial charge in [0.25, 0.3) is 0 Å². The topological polar surface area (TPSA) is 63.9 Å². The zero-order valence-electron chi connectivity index (χ0n) is 14.8. The molecule has 1 amide bonds. The zero-order valence-corrected chi connectivity index (χ0v) is 14.8. The SMILES string of the molecule is O=C(Cn1cccn1)N1CCCC(Cc2ccnc3ccncc23)CC1. The molecular weight excluding hydrogens is 326 g/mol. The van der Waals surface area contributed by atoms with Gasteiger partial charge in [0.1, 0.15) is 6.54 Å². The number of pyridine rings is 2. The van der Waals surface area contributed by atoms with Crippen molar-refractivity contribution in [3.63, 3.8) is 0 Å². The highest BCUT2D eigenvalue weighted by Gasteiger charge is 2.21. The highest BCUT2D eigenvalue weighted by molar-refractivity contribution is 5.80. The first-order valence-electron chi connectivity index (χ1n) is 9.22. The number of rotatable bonds is 4. The van der Waals surface area contributed by atoms with Gasteiger partial charge in [-0.25, -0.2) is 0 Å². The van der Waals surface area contributed by atoms with Crippen molar-refractivity contribution in [2.24, 2.45) is 5.92 Å². The Morgan fingerprint density at radius 3 is 3.00 bits per heavy atom. The van der Waals surface area contributed by atoms with Crippen LogP contribution in [0.25, 0.3) is 10.9 Å². The summed E-state index contributed by atoms with van der Waals surface area (Å²) in [6.45, 7) is 2.00. The first-order chi connectivity index (χ1) is 12.8. The van der Waals surface area contributed by atoms with Crippen molar-refractivity contribution in [2.45, 2.75) is 32.2 Å². The molecule has 0 spiro atoms. The van der Waals surface area contributed by atoms with Gasteiger partial charge in [-0.15, -0.1) is 0 Å². The molecule has 1 fully saturated rings. The molecule has 0 aromatic carbocycles. The third-order valence-electron chi connectivity index (χ3n) is 5.20. The van der Waals surface area contributed by atoms with Crippen LogP contribution in [0.3, 0.4) is 0 Å². The van der Waals surface area contributed by atoms with Crippen molar-refractivity contribution in [3.05, 3.63) is 54.7 Å². The van der Waals surface area contributed by atoms with Gasteiger partial charge in [0, 0.05) is 49.5 Å². The van der Waals surface area contributed by atoms with Crippen molar-refractivity contribution in [1.29, 1.82) is 0 Å². The Kier molecular flexibility index (Phi) is 4.91. The van der Waals surface area contributed by atoms with Crippen LogP contribution in [0.4, 0.5) is 0 Å². The summed E-state index contributed by atoms with van der Waals surface area (Å²) in [6.07, 6.45) is 13.4. The molecule has 4 heterocycles. The van der Waals surface area contributed by atoms with Gasteiger partial charge < -0.3 is 4.90 Å². The van der Waals surface area contributed by atoms with Crippen LogP contribution in [0, 0.1) is 5.92 Å². The molecule has 3 aromatic rings. The largest absolute Gasteiger partial charge is 0.341 e. The number of carbonyl (C=O) groups is 1. The first kappa shape index (κ1) is 16.7. The van der Waals surface area contributed by atoms with Crippen molar-refractivity contribution in [2.75, 3.05) is 13.1 Å². The van der Waals surface area contributed by atoms with Crippen LogP contribution in [-0.4, -0.2) is 43.6 Å². The van der Waals surface area contributed by atoms with E-state index in [2.05, 4.69) is 21.1 Å². The molecular formula is C20H23N5O. The third kappa shape index (κ3) is 3.74. The molecule has 134 valence electrons. The Bertz CT molecular complexity index is 872. The molecule has 6 heteroatoms. The summed E-state index contributed by atoms with van der Waals surface area (Å²) in [4.78, 5) is 23.2. The van der Waals surface area contributed by atoms with Gasteiger partial charge in [-0.1, -0.05) is 0 Å². The summed E-state index contributed by atoms with van der Waals surface area (Å²) in [7, 11) is 0. The molecule has 0 aliphatic carbocycles. The highest BCUT2D eigenvalue weighted by Crippen LogP contribution is 2.25. The third-order valence-corrected chi connectivity index (χ3v) is 5.20. The second kappa shape index (κ2) is 7.64. The van der Waals surface area contributed by atoms with Crippen LogP contribution < -0.4 is 0 Å². The molecule has 1 aliphatic rings. The van der Waals surface area contributed by atoms with Crippen LogP contribution >= 0.6 is 0 Å². The quantitative estimate of drug-likeness (QED) is 0.726. The minimum absolute atomic E-state index is 0.160. The average Bonchev–Trinajstić information content (AvgIpc) is 3.06. The van der Waals surface area contributed by atoms with E-state index in [-0.39, 0.29) is 5.91 Å². The van der Waals surface area contributed by atoms with E-state index in [0.717, 1.165) is 49.7 Å². The maximum atomic E-state index is 12.5. The number of carbonyl (C=O) groups excluding carboxylic acids is 1. The van der Waals surface area contributed by atoms with E-state index in [4.69, 9.17) is 0 Å². The van der Waals surface area contributed by atoms with Gasteiger partial charge in [-0.2, -0.15) is 5.10 Å². The number of hydrogen-bond acceptors (Lipinski definition) is 4. The number of likely N-dealkylation sites (tertiary alicyclic amines) is 1. The van der Waals surface area contributed by atoms with Gasteiger partial charge in [-0.05, 0) is 55.4 Å². The van der Waals surface area contributed by atoms with E-state index in [1.54, 1.807) is 17.1 Å². The molecule has 26 heavy (non-hydrogen) atoms. The molecule has 1 saturated heterocycles. The summed E-state index contributed by atoms with van der Waals surface area (Å²) < 4.78 is 1.70. The Morgan fingerprint density at radius 2 is 2.12 bits per heavy atom. The molecule has 0 bridgehead atoms. The fourth-order valence-corrected chi connectivity index (χ4v) is 3.78. The summed E-state index contributed by atoms with van der Waals surface area (Å²) in [5, 5.41) is 5.28. The molecule has 1 unspecified atom stereocenters. The number of amides is 1. The van der Waals surface area contributed by atoms with Crippen molar-refractivity contribution in [1.82, 2.24) is 24.6 Å². The molecule has 4 rings (SSSR count). The Labute approximate surface area is 152 Å². The van der Waals surface area contributed by atoms with Gasteiger partial charge in [0.2, 0.25) is 5.91 Å². The highest BCUT2D eigenvalue weighted by atomic mass is 16.2. The standard InChI is InChI=1S/C20H23N5O/c26-20(15-25-11-2-7-23-25)24-10-1-3-16(6-12-24)13-17-4-9-22-19-5-8-21-14-18(17)19/h2,4-5,7-9,11,14,16H,1,3,6,10,12-13,15H2. The summed E-state index contributed by atoms with van der Waals surface area (Å²) in [5.74, 6) is 0.747. The molecule has 1 aliphatic heterocycles. The summed E-state index contributed by atoms with van der Waals surface area (Å²) in [5.41, 5.74) is 2.31. The Hall–Kier alpha value is -2.76. The maximum absolute atomic E-state index is 12.5. The van der Waals surface area contributed by atoms with E-state index < -0.39 is 0 Å². The van der Waals surface area contributed by atoms with E-state index in [1.165, 1.54) is 5.56 Å². The minimum Gasteiger partial charge on any atom is -0.341 e. The molecule has 0 radical (unpaired) electrons. The monoisotopic (exact) mass is 349 g/mol. The Morgan fingerprint density at radius 1 is 1.15 bits per heavy atom. The van der Waals surface area contributed by atoms with Crippen molar-refractivity contribution < 1.29 is 4.79 Å². The average molecular weight is 349 g/mol. The molecule has 0 N–H and O–H groups in total. The van der Waals surface area contributed by atoms with Crippen LogP contribution in [0.2, 0.25) is 0 Å². The predicted molar refractivity (Wildman–Crippen MR) is 99.4 cm³/mol. The van der Waals surface area contributed by atoms with E-state index >= 15 is 0 Å². The predicted octanol–water partition coefficient (Wildman–Crippen LogP) is 2.70.